The number of hydrazine groups is 1. The summed E-state index contributed by atoms with van der Waals surface area (Å²) in [5, 5.41) is 3.08. The Balaban J connectivity index is 1.46. The molecule has 0 spiro atoms. The van der Waals surface area contributed by atoms with Crippen molar-refractivity contribution in [2.24, 2.45) is 5.92 Å². The van der Waals surface area contributed by atoms with Crippen molar-refractivity contribution in [3.05, 3.63) is 29.8 Å². The molecule has 2 aliphatic heterocycles. The summed E-state index contributed by atoms with van der Waals surface area (Å²) in [5.74, 6) is 1.77. The zero-order chi connectivity index (χ0) is 18.9. The normalized spacial score (nSPS) is 20.7. The summed E-state index contributed by atoms with van der Waals surface area (Å²) in [7, 11) is 0. The van der Waals surface area contributed by atoms with Crippen LogP contribution in [0.5, 0.6) is 5.75 Å². The van der Waals surface area contributed by atoms with E-state index in [9.17, 15) is 4.79 Å². The first-order valence-electron chi connectivity index (χ1n) is 10.4. The minimum Gasteiger partial charge on any atom is -0.489 e. The zero-order valence-corrected chi connectivity index (χ0v) is 16.5. The number of nitrogens with one attached hydrogen (secondary N) is 3. The molecule has 1 aromatic rings. The summed E-state index contributed by atoms with van der Waals surface area (Å²) < 4.78 is 6.26. The van der Waals surface area contributed by atoms with Gasteiger partial charge in [0.25, 0.3) is 0 Å². The zero-order valence-electron chi connectivity index (χ0n) is 16.5. The van der Waals surface area contributed by atoms with Crippen molar-refractivity contribution in [1.82, 2.24) is 21.1 Å². The van der Waals surface area contributed by atoms with Crippen molar-refractivity contribution in [1.29, 1.82) is 0 Å². The summed E-state index contributed by atoms with van der Waals surface area (Å²) in [5.41, 5.74) is 7.48. The van der Waals surface area contributed by atoms with Gasteiger partial charge in [-0.1, -0.05) is 31.5 Å². The predicted molar refractivity (Wildman–Crippen MR) is 107 cm³/mol. The molecule has 2 heterocycles. The molecular weight excluding hydrogens is 340 g/mol. The van der Waals surface area contributed by atoms with Gasteiger partial charge in [-0.25, -0.2) is 0 Å². The average Bonchev–Trinajstić information content (AvgIpc) is 3.12. The fourth-order valence-corrected chi connectivity index (χ4v) is 3.79. The summed E-state index contributed by atoms with van der Waals surface area (Å²) in [4.78, 5) is 14.6. The molecule has 3 rings (SSSR count). The molecule has 1 aromatic carbocycles. The molecule has 1 amide bonds. The molecule has 27 heavy (non-hydrogen) atoms. The van der Waals surface area contributed by atoms with Crippen LogP contribution in [-0.2, 0) is 11.3 Å². The maximum atomic E-state index is 12.2. The van der Waals surface area contributed by atoms with Crippen LogP contribution in [0.2, 0.25) is 0 Å². The number of hydrogen-bond acceptors (Lipinski definition) is 5. The van der Waals surface area contributed by atoms with Gasteiger partial charge in [0.05, 0.1) is 0 Å². The van der Waals surface area contributed by atoms with E-state index in [2.05, 4.69) is 46.2 Å². The maximum absolute atomic E-state index is 12.2. The highest BCUT2D eigenvalue weighted by Gasteiger charge is 2.23. The SMILES string of the molecule is CCCCC1CN(CCC(=O)NCCC2CNNC2)Cc2ccccc2O1. The number of para-hydroxylation sites is 1. The van der Waals surface area contributed by atoms with Crippen LogP contribution in [0, 0.1) is 5.92 Å². The van der Waals surface area contributed by atoms with Crippen LogP contribution in [-0.4, -0.2) is 49.6 Å². The first kappa shape index (κ1) is 20.1. The fourth-order valence-electron chi connectivity index (χ4n) is 3.79. The van der Waals surface area contributed by atoms with E-state index < -0.39 is 0 Å². The lowest BCUT2D eigenvalue weighted by Crippen LogP contribution is -2.36. The molecule has 1 unspecified atom stereocenters. The molecule has 150 valence electrons. The molecule has 6 heteroatoms. The first-order valence-corrected chi connectivity index (χ1v) is 10.4. The van der Waals surface area contributed by atoms with Crippen LogP contribution in [0.3, 0.4) is 0 Å². The molecule has 6 nitrogen and oxygen atoms in total. The first-order chi connectivity index (χ1) is 13.2. The number of nitrogens with zero attached hydrogens (tertiary/aromatic N) is 1. The Bertz CT molecular complexity index is 589. The van der Waals surface area contributed by atoms with Crippen molar-refractivity contribution >= 4 is 5.91 Å². The van der Waals surface area contributed by atoms with Gasteiger partial charge in [-0.05, 0) is 31.2 Å². The van der Waals surface area contributed by atoms with E-state index in [0.29, 0.717) is 12.3 Å². The number of rotatable bonds is 9. The van der Waals surface area contributed by atoms with Gasteiger partial charge in [0.2, 0.25) is 5.91 Å². The van der Waals surface area contributed by atoms with Gasteiger partial charge in [-0.2, -0.15) is 0 Å². The maximum Gasteiger partial charge on any atom is 0.221 e. The largest absolute Gasteiger partial charge is 0.489 e. The minimum absolute atomic E-state index is 0.150. The second kappa shape index (κ2) is 10.6. The highest BCUT2D eigenvalue weighted by atomic mass is 16.5. The highest BCUT2D eigenvalue weighted by Crippen LogP contribution is 2.26. The minimum atomic E-state index is 0.150. The quantitative estimate of drug-likeness (QED) is 0.617. The van der Waals surface area contributed by atoms with Gasteiger partial charge >= 0.3 is 0 Å². The van der Waals surface area contributed by atoms with Crippen molar-refractivity contribution in [3.8, 4) is 5.75 Å². The topological polar surface area (TPSA) is 65.6 Å². The summed E-state index contributed by atoms with van der Waals surface area (Å²) in [6.45, 7) is 7.47. The van der Waals surface area contributed by atoms with Crippen LogP contribution >= 0.6 is 0 Å². The number of carbonyl (C=O) groups excluding carboxylic acids is 1. The van der Waals surface area contributed by atoms with E-state index in [1.54, 1.807) is 0 Å². The summed E-state index contributed by atoms with van der Waals surface area (Å²) >= 11 is 0. The van der Waals surface area contributed by atoms with E-state index in [0.717, 1.165) is 57.9 Å². The number of ether oxygens (including phenoxy) is 1. The number of hydrogen-bond donors (Lipinski definition) is 3. The van der Waals surface area contributed by atoms with Crippen LogP contribution in [0.4, 0.5) is 0 Å². The third-order valence-electron chi connectivity index (χ3n) is 5.44. The Morgan fingerprint density at radius 1 is 1.26 bits per heavy atom. The Kier molecular flexibility index (Phi) is 7.93. The van der Waals surface area contributed by atoms with Crippen LogP contribution in [0.25, 0.3) is 0 Å². The Morgan fingerprint density at radius 2 is 2.07 bits per heavy atom. The Labute approximate surface area is 163 Å². The lowest BCUT2D eigenvalue weighted by molar-refractivity contribution is -0.121. The van der Waals surface area contributed by atoms with Crippen molar-refractivity contribution in [2.75, 3.05) is 32.7 Å². The molecule has 0 radical (unpaired) electrons. The van der Waals surface area contributed by atoms with E-state index in [1.165, 1.54) is 18.4 Å². The van der Waals surface area contributed by atoms with Crippen molar-refractivity contribution < 1.29 is 9.53 Å². The van der Waals surface area contributed by atoms with E-state index in [4.69, 9.17) is 4.74 Å². The van der Waals surface area contributed by atoms with Crippen LogP contribution in [0.1, 0.15) is 44.6 Å². The van der Waals surface area contributed by atoms with E-state index >= 15 is 0 Å². The van der Waals surface area contributed by atoms with Gasteiger partial charge in [0.1, 0.15) is 11.9 Å². The second-order valence-corrected chi connectivity index (χ2v) is 7.74. The molecule has 1 fully saturated rings. The number of amides is 1. The predicted octanol–water partition coefficient (Wildman–Crippen LogP) is 2.06. The number of unbranched alkanes of at least 4 members (excludes halogenated alkanes) is 1. The van der Waals surface area contributed by atoms with Crippen LogP contribution in [0.15, 0.2) is 24.3 Å². The van der Waals surface area contributed by atoms with E-state index in [-0.39, 0.29) is 12.0 Å². The van der Waals surface area contributed by atoms with E-state index in [1.807, 2.05) is 6.07 Å². The average molecular weight is 375 g/mol. The molecule has 0 saturated carbocycles. The smallest absolute Gasteiger partial charge is 0.221 e. The van der Waals surface area contributed by atoms with Gasteiger partial charge in [0.15, 0.2) is 0 Å². The lowest BCUT2D eigenvalue weighted by Gasteiger charge is -2.23. The summed E-state index contributed by atoms with van der Waals surface area (Å²) in [6.07, 6.45) is 5.19. The number of benzene rings is 1. The third kappa shape index (κ3) is 6.48. The van der Waals surface area contributed by atoms with Crippen molar-refractivity contribution in [3.63, 3.8) is 0 Å². The number of carbonyl (C=O) groups is 1. The highest BCUT2D eigenvalue weighted by molar-refractivity contribution is 5.76. The standard InChI is InChI=1S/C21H34N4O2/c1-2-3-7-19-16-25(15-18-6-4-5-8-20(18)27-19)12-10-21(26)22-11-9-17-13-23-24-14-17/h4-6,8,17,19,23-24H,2-3,7,9-16H2,1H3,(H,22,26). The monoisotopic (exact) mass is 374 g/mol. The molecule has 1 saturated heterocycles. The molecule has 0 aromatic heterocycles. The summed E-state index contributed by atoms with van der Waals surface area (Å²) in [6, 6.07) is 8.30. The van der Waals surface area contributed by atoms with Gasteiger partial charge < -0.3 is 10.1 Å². The van der Waals surface area contributed by atoms with Gasteiger partial charge in [0, 0.05) is 51.3 Å². The van der Waals surface area contributed by atoms with Crippen LogP contribution < -0.4 is 20.9 Å². The van der Waals surface area contributed by atoms with Gasteiger partial charge in [-0.15, -0.1) is 0 Å². The second-order valence-electron chi connectivity index (χ2n) is 7.74. The van der Waals surface area contributed by atoms with Crippen molar-refractivity contribution in [2.45, 2.75) is 51.7 Å². The Hall–Kier alpha value is -1.63. The third-order valence-corrected chi connectivity index (χ3v) is 5.44. The molecule has 1 atom stereocenters. The molecule has 3 N–H and O–H groups in total. The molecule has 2 aliphatic rings. The molecule has 0 aliphatic carbocycles. The molecule has 0 bridgehead atoms. The van der Waals surface area contributed by atoms with Gasteiger partial charge in [-0.3, -0.25) is 20.5 Å². The fraction of sp³-hybridized carbons (Fsp3) is 0.667. The Morgan fingerprint density at radius 3 is 2.89 bits per heavy atom. The number of fused-ring (bicyclic) bond motifs is 1. The lowest BCUT2D eigenvalue weighted by atomic mass is 10.1. The molecular formula is C21H34N4O2.